The summed E-state index contributed by atoms with van der Waals surface area (Å²) in [6.45, 7) is 5.95. The maximum absolute atomic E-state index is 12.8. The number of amides is 1. The van der Waals surface area contributed by atoms with Crippen LogP contribution < -0.4 is 10.1 Å². The average molecular weight is 327 g/mol. The zero-order valence-electron chi connectivity index (χ0n) is 15.1. The SMILES string of the molecule is Cc1ccc(C)c(OC(C)C(=O)NC23CC4CC(CC(C4)C2)C3)c1. The van der Waals surface area contributed by atoms with Crippen molar-refractivity contribution in [2.24, 2.45) is 17.8 Å². The molecule has 24 heavy (non-hydrogen) atoms. The van der Waals surface area contributed by atoms with E-state index in [1.165, 1.54) is 38.5 Å². The summed E-state index contributed by atoms with van der Waals surface area (Å²) in [6.07, 6.45) is 7.28. The first-order valence-electron chi connectivity index (χ1n) is 9.48. The number of rotatable bonds is 4. The number of hydrogen-bond acceptors (Lipinski definition) is 2. The van der Waals surface area contributed by atoms with Crippen molar-refractivity contribution >= 4 is 5.91 Å². The molecule has 3 nitrogen and oxygen atoms in total. The molecular formula is C21H29NO2. The first-order chi connectivity index (χ1) is 11.4. The molecule has 4 fully saturated rings. The quantitative estimate of drug-likeness (QED) is 0.902. The lowest BCUT2D eigenvalue weighted by Gasteiger charge is -2.57. The highest BCUT2D eigenvalue weighted by molar-refractivity contribution is 5.81. The van der Waals surface area contributed by atoms with Crippen LogP contribution in [0.2, 0.25) is 0 Å². The zero-order valence-corrected chi connectivity index (χ0v) is 15.1. The van der Waals surface area contributed by atoms with Gasteiger partial charge in [0.1, 0.15) is 5.75 Å². The van der Waals surface area contributed by atoms with E-state index in [0.29, 0.717) is 0 Å². The smallest absolute Gasteiger partial charge is 0.261 e. The van der Waals surface area contributed by atoms with Gasteiger partial charge in [-0.1, -0.05) is 12.1 Å². The molecule has 0 spiro atoms. The predicted octanol–water partition coefficient (Wildman–Crippen LogP) is 4.16. The van der Waals surface area contributed by atoms with E-state index in [-0.39, 0.29) is 11.4 Å². The highest BCUT2D eigenvalue weighted by Gasteiger charge is 2.51. The normalized spacial score (nSPS) is 34.9. The van der Waals surface area contributed by atoms with Crippen molar-refractivity contribution in [3.63, 3.8) is 0 Å². The third-order valence-electron chi connectivity index (χ3n) is 6.44. The third kappa shape index (κ3) is 2.94. The van der Waals surface area contributed by atoms with E-state index in [0.717, 1.165) is 34.6 Å². The van der Waals surface area contributed by atoms with E-state index >= 15 is 0 Å². The molecule has 4 saturated carbocycles. The first-order valence-corrected chi connectivity index (χ1v) is 9.48. The van der Waals surface area contributed by atoms with Gasteiger partial charge in [-0.25, -0.2) is 0 Å². The highest BCUT2D eigenvalue weighted by Crippen LogP contribution is 2.55. The molecule has 4 aliphatic carbocycles. The molecule has 4 bridgehead atoms. The summed E-state index contributed by atoms with van der Waals surface area (Å²) >= 11 is 0. The summed E-state index contributed by atoms with van der Waals surface area (Å²) in [4.78, 5) is 12.8. The minimum Gasteiger partial charge on any atom is -0.481 e. The summed E-state index contributed by atoms with van der Waals surface area (Å²) in [5.74, 6) is 3.39. The second-order valence-electron chi connectivity index (χ2n) is 8.72. The molecule has 0 aromatic heterocycles. The van der Waals surface area contributed by atoms with Gasteiger partial charge in [0.2, 0.25) is 0 Å². The van der Waals surface area contributed by atoms with Crippen LogP contribution in [0.15, 0.2) is 18.2 Å². The van der Waals surface area contributed by atoms with Gasteiger partial charge in [0, 0.05) is 5.54 Å². The fraction of sp³-hybridized carbons (Fsp3) is 0.667. The van der Waals surface area contributed by atoms with Gasteiger partial charge in [-0.05, 0) is 94.2 Å². The van der Waals surface area contributed by atoms with Crippen LogP contribution in [-0.4, -0.2) is 17.6 Å². The summed E-state index contributed by atoms with van der Waals surface area (Å²) in [6, 6.07) is 6.14. The fourth-order valence-corrected chi connectivity index (χ4v) is 5.70. The van der Waals surface area contributed by atoms with Gasteiger partial charge in [-0.3, -0.25) is 4.79 Å². The maximum atomic E-state index is 12.8. The van der Waals surface area contributed by atoms with Crippen molar-refractivity contribution in [2.45, 2.75) is 70.9 Å². The Morgan fingerprint density at radius 1 is 1.12 bits per heavy atom. The van der Waals surface area contributed by atoms with Crippen molar-refractivity contribution in [1.29, 1.82) is 0 Å². The summed E-state index contributed by atoms with van der Waals surface area (Å²) in [5, 5.41) is 3.41. The van der Waals surface area contributed by atoms with Crippen LogP contribution in [0.1, 0.15) is 56.6 Å². The Morgan fingerprint density at radius 2 is 1.71 bits per heavy atom. The number of carbonyl (C=O) groups is 1. The van der Waals surface area contributed by atoms with Gasteiger partial charge in [0.05, 0.1) is 0 Å². The number of carbonyl (C=O) groups excluding carboxylic acids is 1. The Bertz CT molecular complexity index is 616. The van der Waals surface area contributed by atoms with E-state index < -0.39 is 6.10 Å². The Hall–Kier alpha value is -1.51. The van der Waals surface area contributed by atoms with Gasteiger partial charge >= 0.3 is 0 Å². The molecule has 1 unspecified atom stereocenters. The largest absolute Gasteiger partial charge is 0.481 e. The van der Waals surface area contributed by atoms with Crippen LogP contribution in [0.4, 0.5) is 0 Å². The standard InChI is InChI=1S/C21H29NO2/c1-13-4-5-14(2)19(6-13)24-15(3)20(23)22-21-10-16-7-17(11-21)9-18(8-16)12-21/h4-6,15-18H,7-12H2,1-3H3,(H,22,23). The van der Waals surface area contributed by atoms with Crippen LogP contribution >= 0.6 is 0 Å². The topological polar surface area (TPSA) is 38.3 Å². The third-order valence-corrected chi connectivity index (χ3v) is 6.44. The molecular weight excluding hydrogens is 298 g/mol. The molecule has 1 aromatic carbocycles. The van der Waals surface area contributed by atoms with Crippen molar-refractivity contribution in [3.8, 4) is 5.75 Å². The Labute approximate surface area is 145 Å². The lowest BCUT2D eigenvalue weighted by molar-refractivity contribution is -0.133. The number of benzene rings is 1. The van der Waals surface area contributed by atoms with Crippen LogP contribution in [0.3, 0.4) is 0 Å². The number of nitrogens with one attached hydrogen (secondary N) is 1. The fourth-order valence-electron chi connectivity index (χ4n) is 5.70. The molecule has 3 heteroatoms. The van der Waals surface area contributed by atoms with Gasteiger partial charge in [0.15, 0.2) is 6.10 Å². The molecule has 1 atom stereocenters. The minimum absolute atomic E-state index is 0.0536. The van der Waals surface area contributed by atoms with Gasteiger partial charge < -0.3 is 10.1 Å². The molecule has 0 heterocycles. The van der Waals surface area contributed by atoms with Crippen molar-refractivity contribution in [3.05, 3.63) is 29.3 Å². The summed E-state index contributed by atoms with van der Waals surface area (Å²) < 4.78 is 5.99. The molecule has 130 valence electrons. The average Bonchev–Trinajstić information content (AvgIpc) is 2.49. The van der Waals surface area contributed by atoms with E-state index in [1.807, 2.05) is 32.9 Å². The molecule has 0 radical (unpaired) electrons. The van der Waals surface area contributed by atoms with Crippen LogP contribution in [0.5, 0.6) is 5.75 Å². The molecule has 4 aliphatic rings. The molecule has 0 aliphatic heterocycles. The zero-order chi connectivity index (χ0) is 16.9. The molecule has 5 rings (SSSR count). The van der Waals surface area contributed by atoms with E-state index in [2.05, 4.69) is 11.4 Å². The van der Waals surface area contributed by atoms with Crippen molar-refractivity contribution in [2.75, 3.05) is 0 Å². The second-order valence-corrected chi connectivity index (χ2v) is 8.72. The number of aryl methyl sites for hydroxylation is 2. The van der Waals surface area contributed by atoms with Gasteiger partial charge in [-0.15, -0.1) is 0 Å². The second kappa shape index (κ2) is 5.79. The number of ether oxygens (including phenoxy) is 1. The van der Waals surface area contributed by atoms with Gasteiger partial charge in [0.25, 0.3) is 5.91 Å². The highest BCUT2D eigenvalue weighted by atomic mass is 16.5. The number of hydrogen-bond donors (Lipinski definition) is 1. The summed E-state index contributed by atoms with van der Waals surface area (Å²) in [5.41, 5.74) is 2.30. The Balaban J connectivity index is 1.43. The van der Waals surface area contributed by atoms with E-state index in [4.69, 9.17) is 4.74 Å². The molecule has 1 amide bonds. The lowest BCUT2D eigenvalue weighted by Crippen LogP contribution is -2.61. The molecule has 0 saturated heterocycles. The van der Waals surface area contributed by atoms with E-state index in [9.17, 15) is 4.79 Å². The maximum Gasteiger partial charge on any atom is 0.261 e. The predicted molar refractivity (Wildman–Crippen MR) is 95.1 cm³/mol. The Kier molecular flexibility index (Phi) is 3.85. The van der Waals surface area contributed by atoms with Crippen LogP contribution in [-0.2, 0) is 4.79 Å². The van der Waals surface area contributed by atoms with Gasteiger partial charge in [-0.2, -0.15) is 0 Å². The summed E-state index contributed by atoms with van der Waals surface area (Å²) in [7, 11) is 0. The van der Waals surface area contributed by atoms with Crippen molar-refractivity contribution in [1.82, 2.24) is 5.32 Å². The lowest BCUT2D eigenvalue weighted by atomic mass is 9.53. The first kappa shape index (κ1) is 16.0. The Morgan fingerprint density at radius 3 is 2.29 bits per heavy atom. The monoisotopic (exact) mass is 327 g/mol. The van der Waals surface area contributed by atoms with Crippen LogP contribution in [0.25, 0.3) is 0 Å². The molecule has 1 aromatic rings. The molecule has 1 N–H and O–H groups in total. The van der Waals surface area contributed by atoms with E-state index in [1.54, 1.807) is 0 Å². The minimum atomic E-state index is -0.446. The van der Waals surface area contributed by atoms with Crippen molar-refractivity contribution < 1.29 is 9.53 Å². The van der Waals surface area contributed by atoms with Crippen LogP contribution in [0, 0.1) is 31.6 Å².